The van der Waals surface area contributed by atoms with Gasteiger partial charge in [-0.2, -0.15) is 0 Å². The minimum absolute atomic E-state index is 0.338. The van der Waals surface area contributed by atoms with Crippen molar-refractivity contribution in [3.8, 4) is 23.0 Å². The van der Waals surface area contributed by atoms with Crippen molar-refractivity contribution in [2.75, 3.05) is 33.8 Å². The maximum absolute atomic E-state index is 12.3. The molecule has 6 nitrogen and oxygen atoms in total. The van der Waals surface area contributed by atoms with Crippen LogP contribution in [-0.4, -0.2) is 34.3 Å². The molecule has 0 atom stereocenters. The molecular formula is C19H20ClNO5. The maximum Gasteiger partial charge on any atom is 0.248 e. The summed E-state index contributed by atoms with van der Waals surface area (Å²) in [4.78, 5) is 12.3. The van der Waals surface area contributed by atoms with Gasteiger partial charge in [0.25, 0.3) is 0 Å². The second kappa shape index (κ2) is 9.01. The summed E-state index contributed by atoms with van der Waals surface area (Å²) in [5, 5.41) is 3.13. The number of halogens is 1. The molecule has 0 aliphatic carbocycles. The number of benzene rings is 2. The van der Waals surface area contributed by atoms with Crippen LogP contribution < -0.4 is 24.3 Å². The van der Waals surface area contributed by atoms with Gasteiger partial charge in [0, 0.05) is 24.3 Å². The Morgan fingerprint density at radius 2 is 1.50 bits per heavy atom. The number of hydrogen-bond acceptors (Lipinski definition) is 5. The first-order valence-electron chi connectivity index (χ1n) is 7.64. The van der Waals surface area contributed by atoms with Gasteiger partial charge in [-0.15, -0.1) is 0 Å². The molecule has 7 heteroatoms. The number of ether oxygens (including phenoxy) is 4. The fourth-order valence-electron chi connectivity index (χ4n) is 2.23. The third kappa shape index (κ3) is 4.83. The number of amides is 1. The van der Waals surface area contributed by atoms with Gasteiger partial charge in [0.15, 0.2) is 0 Å². The Balaban J connectivity index is 2.20. The second-order valence-electron chi connectivity index (χ2n) is 5.16. The second-order valence-corrected chi connectivity index (χ2v) is 5.56. The van der Waals surface area contributed by atoms with Crippen LogP contribution in [0.2, 0.25) is 5.02 Å². The number of methoxy groups -OCH3 is 4. The third-order valence-corrected chi connectivity index (χ3v) is 3.83. The third-order valence-electron chi connectivity index (χ3n) is 3.53. The number of rotatable bonds is 7. The van der Waals surface area contributed by atoms with E-state index in [1.165, 1.54) is 20.3 Å². The molecule has 0 spiro atoms. The molecule has 1 amide bonds. The summed E-state index contributed by atoms with van der Waals surface area (Å²) in [6.07, 6.45) is 3.05. The first-order chi connectivity index (χ1) is 12.5. The Kier molecular flexibility index (Phi) is 6.74. The van der Waals surface area contributed by atoms with Gasteiger partial charge in [-0.05, 0) is 23.8 Å². The highest BCUT2D eigenvalue weighted by Gasteiger charge is 2.11. The molecule has 0 radical (unpaired) electrons. The quantitative estimate of drug-likeness (QED) is 0.738. The van der Waals surface area contributed by atoms with Gasteiger partial charge in [0.05, 0.1) is 39.1 Å². The molecule has 0 unspecified atom stereocenters. The zero-order valence-electron chi connectivity index (χ0n) is 15.0. The molecule has 0 saturated heterocycles. The molecule has 0 fully saturated rings. The van der Waals surface area contributed by atoms with E-state index in [-0.39, 0.29) is 5.91 Å². The van der Waals surface area contributed by atoms with Crippen molar-refractivity contribution in [1.82, 2.24) is 0 Å². The minimum Gasteiger partial charge on any atom is -0.497 e. The molecule has 138 valence electrons. The Labute approximate surface area is 157 Å². The summed E-state index contributed by atoms with van der Waals surface area (Å²) in [7, 11) is 6.12. The molecule has 26 heavy (non-hydrogen) atoms. The predicted molar refractivity (Wildman–Crippen MR) is 102 cm³/mol. The molecule has 1 N–H and O–H groups in total. The van der Waals surface area contributed by atoms with E-state index in [9.17, 15) is 4.79 Å². The molecule has 0 saturated carbocycles. The van der Waals surface area contributed by atoms with Gasteiger partial charge in [-0.3, -0.25) is 4.79 Å². The van der Waals surface area contributed by atoms with Crippen molar-refractivity contribution in [2.45, 2.75) is 0 Å². The lowest BCUT2D eigenvalue weighted by Gasteiger charge is -2.12. The van der Waals surface area contributed by atoms with Crippen LogP contribution in [0.15, 0.2) is 36.4 Å². The lowest BCUT2D eigenvalue weighted by Crippen LogP contribution is -2.09. The minimum atomic E-state index is -0.338. The van der Waals surface area contributed by atoms with Crippen LogP contribution in [0.1, 0.15) is 5.56 Å². The van der Waals surface area contributed by atoms with Gasteiger partial charge in [-0.25, -0.2) is 0 Å². The number of carbonyl (C=O) groups excluding carboxylic acids is 1. The number of anilines is 1. The van der Waals surface area contributed by atoms with Gasteiger partial charge in [0.1, 0.15) is 23.0 Å². The van der Waals surface area contributed by atoms with Crippen LogP contribution in [0.3, 0.4) is 0 Å². The van der Waals surface area contributed by atoms with Gasteiger partial charge < -0.3 is 24.3 Å². The van der Waals surface area contributed by atoms with E-state index in [4.69, 9.17) is 30.5 Å². The molecule has 0 aromatic heterocycles. The zero-order valence-corrected chi connectivity index (χ0v) is 15.7. The van der Waals surface area contributed by atoms with Gasteiger partial charge >= 0.3 is 0 Å². The van der Waals surface area contributed by atoms with Gasteiger partial charge in [-0.1, -0.05) is 11.6 Å². The standard InChI is InChI=1S/C19H20ClNO5/c1-23-13-7-12(8-14(9-13)24-2)5-6-19(22)21-16-11-17(25-3)15(20)10-18(16)26-4/h5-11H,1-4H3,(H,21,22)/b6-5+. The highest BCUT2D eigenvalue weighted by atomic mass is 35.5. The van der Waals surface area contributed by atoms with E-state index in [1.54, 1.807) is 50.6 Å². The summed E-state index contributed by atoms with van der Waals surface area (Å²) >= 11 is 6.06. The van der Waals surface area contributed by atoms with Crippen LogP contribution in [0.25, 0.3) is 6.08 Å². The van der Waals surface area contributed by atoms with E-state index in [0.717, 1.165) is 5.56 Å². The molecule has 0 heterocycles. The maximum atomic E-state index is 12.3. The SMILES string of the molecule is COc1cc(/C=C/C(=O)Nc2cc(OC)c(Cl)cc2OC)cc(OC)c1. The molecule has 2 rings (SSSR count). The van der Waals surface area contributed by atoms with Gasteiger partial charge in [0.2, 0.25) is 5.91 Å². The molecule has 0 aliphatic rings. The van der Waals surface area contributed by atoms with Crippen LogP contribution in [0.5, 0.6) is 23.0 Å². The predicted octanol–water partition coefficient (Wildman–Crippen LogP) is 4.03. The summed E-state index contributed by atoms with van der Waals surface area (Å²) in [6.45, 7) is 0. The van der Waals surface area contributed by atoms with Crippen molar-refractivity contribution >= 4 is 29.3 Å². The molecule has 0 aliphatic heterocycles. The first kappa shape index (κ1) is 19.5. The van der Waals surface area contributed by atoms with E-state index < -0.39 is 0 Å². The highest BCUT2D eigenvalue weighted by Crippen LogP contribution is 2.35. The fourth-order valence-corrected chi connectivity index (χ4v) is 2.46. The first-order valence-corrected chi connectivity index (χ1v) is 8.02. The topological polar surface area (TPSA) is 66.0 Å². The van der Waals surface area contributed by atoms with E-state index in [1.807, 2.05) is 0 Å². The average molecular weight is 378 g/mol. The Morgan fingerprint density at radius 3 is 2.04 bits per heavy atom. The average Bonchev–Trinajstić information content (AvgIpc) is 2.66. The summed E-state index contributed by atoms with van der Waals surface area (Å²) in [6, 6.07) is 8.51. The van der Waals surface area contributed by atoms with Crippen molar-refractivity contribution in [2.24, 2.45) is 0 Å². The molecular weight excluding hydrogens is 358 g/mol. The van der Waals surface area contributed by atoms with Crippen molar-refractivity contribution in [3.63, 3.8) is 0 Å². The molecule has 0 bridgehead atoms. The van der Waals surface area contributed by atoms with Crippen LogP contribution in [0, 0.1) is 0 Å². The summed E-state index contributed by atoms with van der Waals surface area (Å²) < 4.78 is 20.8. The lowest BCUT2D eigenvalue weighted by atomic mass is 10.2. The van der Waals surface area contributed by atoms with E-state index >= 15 is 0 Å². The van der Waals surface area contributed by atoms with Crippen molar-refractivity contribution in [1.29, 1.82) is 0 Å². The van der Waals surface area contributed by atoms with Crippen molar-refractivity contribution < 1.29 is 23.7 Å². The largest absolute Gasteiger partial charge is 0.497 e. The number of carbonyl (C=O) groups is 1. The number of hydrogen-bond donors (Lipinski definition) is 1. The molecule has 2 aromatic carbocycles. The fraction of sp³-hybridized carbons (Fsp3) is 0.211. The smallest absolute Gasteiger partial charge is 0.248 e. The van der Waals surface area contributed by atoms with Crippen molar-refractivity contribution in [3.05, 3.63) is 47.0 Å². The van der Waals surface area contributed by atoms with Crippen LogP contribution in [-0.2, 0) is 4.79 Å². The van der Waals surface area contributed by atoms with E-state index in [2.05, 4.69) is 5.32 Å². The Morgan fingerprint density at radius 1 is 0.885 bits per heavy atom. The van der Waals surface area contributed by atoms with Crippen LogP contribution in [0.4, 0.5) is 5.69 Å². The Bertz CT molecular complexity index is 798. The number of nitrogens with one attached hydrogen (secondary N) is 1. The monoisotopic (exact) mass is 377 g/mol. The zero-order chi connectivity index (χ0) is 19.1. The summed E-state index contributed by atoms with van der Waals surface area (Å²) in [5.41, 5.74) is 1.21. The van der Waals surface area contributed by atoms with E-state index in [0.29, 0.717) is 33.7 Å². The normalized spacial score (nSPS) is 10.5. The molecule has 2 aromatic rings. The Hall–Kier alpha value is -2.86. The highest BCUT2D eigenvalue weighted by molar-refractivity contribution is 6.32. The lowest BCUT2D eigenvalue weighted by molar-refractivity contribution is -0.111. The summed E-state index contributed by atoms with van der Waals surface area (Å²) in [5.74, 6) is 1.79. The van der Waals surface area contributed by atoms with Crippen LogP contribution >= 0.6 is 11.6 Å².